The Labute approximate surface area is 126 Å². The molecule has 0 aromatic heterocycles. The van der Waals surface area contributed by atoms with Crippen molar-refractivity contribution in [1.82, 2.24) is 4.90 Å². The summed E-state index contributed by atoms with van der Waals surface area (Å²) in [6, 6.07) is -0.337. The van der Waals surface area contributed by atoms with Gasteiger partial charge in [-0.05, 0) is 31.2 Å². The Kier molecular flexibility index (Phi) is 7.67. The first-order valence-corrected chi connectivity index (χ1v) is 7.74. The maximum Gasteiger partial charge on any atom is 0.305 e. The maximum atomic E-state index is 12.4. The second kappa shape index (κ2) is 9.00. The molecule has 1 aliphatic rings. The third-order valence-corrected chi connectivity index (χ3v) is 4.17. The first-order chi connectivity index (χ1) is 9.95. The van der Waals surface area contributed by atoms with Gasteiger partial charge in [-0.3, -0.25) is 9.59 Å². The number of nitrogens with two attached hydrogens (primary N) is 1. The molecule has 0 spiro atoms. The van der Waals surface area contributed by atoms with E-state index < -0.39 is 5.97 Å². The molecule has 2 unspecified atom stereocenters. The number of nitrogens with zero attached hydrogens (tertiary/aromatic N) is 1. The molecule has 1 amide bonds. The molecule has 21 heavy (non-hydrogen) atoms. The van der Waals surface area contributed by atoms with E-state index >= 15 is 0 Å². The highest BCUT2D eigenvalue weighted by Crippen LogP contribution is 2.22. The molecular weight excluding hydrogens is 272 g/mol. The molecule has 0 bridgehead atoms. The zero-order valence-electron chi connectivity index (χ0n) is 13.1. The normalized spacial score (nSPS) is 20.6. The van der Waals surface area contributed by atoms with Crippen LogP contribution in [-0.4, -0.2) is 54.2 Å². The van der Waals surface area contributed by atoms with Gasteiger partial charge in [-0.2, -0.15) is 0 Å². The fourth-order valence-corrected chi connectivity index (χ4v) is 2.83. The Morgan fingerprint density at radius 1 is 1.38 bits per heavy atom. The van der Waals surface area contributed by atoms with Crippen LogP contribution in [-0.2, 0) is 14.3 Å². The summed E-state index contributed by atoms with van der Waals surface area (Å²) in [5.74, 6) is 0.0810. The Morgan fingerprint density at radius 2 is 2.10 bits per heavy atom. The topological polar surface area (TPSA) is 92.9 Å². The van der Waals surface area contributed by atoms with Crippen LogP contribution in [0.25, 0.3) is 0 Å². The number of aliphatic carboxylic acids is 1. The van der Waals surface area contributed by atoms with Gasteiger partial charge in [0.2, 0.25) is 5.91 Å². The van der Waals surface area contributed by atoms with Crippen LogP contribution in [0.3, 0.4) is 0 Å². The van der Waals surface area contributed by atoms with Gasteiger partial charge in [0, 0.05) is 13.0 Å². The standard InChI is InChI=1S/C15H28N2O4/c1-11(2)12(5-6-16)3-4-14(18)17-7-8-21-10-13(17)9-15(19)20/h11-13H,3-10,16H2,1-2H3,(H,19,20). The molecule has 122 valence electrons. The van der Waals surface area contributed by atoms with Gasteiger partial charge in [-0.1, -0.05) is 13.8 Å². The molecule has 1 saturated heterocycles. The van der Waals surface area contributed by atoms with Crippen molar-refractivity contribution in [2.75, 3.05) is 26.3 Å². The van der Waals surface area contributed by atoms with E-state index in [4.69, 9.17) is 15.6 Å². The van der Waals surface area contributed by atoms with Crippen LogP contribution in [0.1, 0.15) is 39.5 Å². The van der Waals surface area contributed by atoms with Crippen LogP contribution < -0.4 is 5.73 Å². The van der Waals surface area contributed by atoms with E-state index in [9.17, 15) is 9.59 Å². The summed E-state index contributed by atoms with van der Waals surface area (Å²) >= 11 is 0. The second-order valence-corrected chi connectivity index (χ2v) is 6.03. The molecule has 3 N–H and O–H groups in total. The lowest BCUT2D eigenvalue weighted by atomic mass is 9.88. The summed E-state index contributed by atoms with van der Waals surface area (Å²) in [6.07, 6.45) is 2.14. The molecule has 0 radical (unpaired) electrons. The Bertz CT molecular complexity index is 347. The lowest BCUT2D eigenvalue weighted by molar-refractivity contribution is -0.146. The summed E-state index contributed by atoms with van der Waals surface area (Å²) < 4.78 is 5.29. The van der Waals surface area contributed by atoms with E-state index in [1.54, 1.807) is 4.90 Å². The van der Waals surface area contributed by atoms with Gasteiger partial charge in [-0.25, -0.2) is 0 Å². The summed E-state index contributed by atoms with van der Waals surface area (Å²) in [5, 5.41) is 8.92. The highest BCUT2D eigenvalue weighted by atomic mass is 16.5. The van der Waals surface area contributed by atoms with E-state index in [1.165, 1.54) is 0 Å². The van der Waals surface area contributed by atoms with Crippen molar-refractivity contribution in [3.63, 3.8) is 0 Å². The monoisotopic (exact) mass is 300 g/mol. The molecule has 0 aromatic rings. The predicted molar refractivity (Wildman–Crippen MR) is 79.8 cm³/mol. The average Bonchev–Trinajstić information content (AvgIpc) is 2.42. The highest BCUT2D eigenvalue weighted by Gasteiger charge is 2.29. The average molecular weight is 300 g/mol. The van der Waals surface area contributed by atoms with E-state index in [-0.39, 0.29) is 18.4 Å². The van der Waals surface area contributed by atoms with Gasteiger partial charge in [0.15, 0.2) is 0 Å². The minimum absolute atomic E-state index is 0.0345. The van der Waals surface area contributed by atoms with Crippen LogP contribution in [0, 0.1) is 11.8 Å². The predicted octanol–water partition coefficient (Wildman–Crippen LogP) is 1.09. The van der Waals surface area contributed by atoms with Crippen molar-refractivity contribution >= 4 is 11.9 Å². The van der Waals surface area contributed by atoms with Gasteiger partial charge in [-0.15, -0.1) is 0 Å². The molecule has 0 aliphatic carbocycles. The summed E-state index contributed by atoms with van der Waals surface area (Å²) in [5.41, 5.74) is 5.62. The molecule has 1 aliphatic heterocycles. The lowest BCUT2D eigenvalue weighted by Gasteiger charge is -2.35. The Hall–Kier alpha value is -1.14. The molecule has 6 nitrogen and oxygen atoms in total. The number of hydrogen-bond donors (Lipinski definition) is 2. The number of carboxylic acid groups (broad SMARTS) is 1. The number of carbonyl (C=O) groups excluding carboxylic acids is 1. The van der Waals surface area contributed by atoms with Gasteiger partial charge in [0.25, 0.3) is 0 Å². The molecule has 6 heteroatoms. The zero-order chi connectivity index (χ0) is 15.8. The quantitative estimate of drug-likeness (QED) is 0.700. The molecule has 1 fully saturated rings. The number of hydrogen-bond acceptors (Lipinski definition) is 4. The number of amides is 1. The zero-order valence-corrected chi connectivity index (χ0v) is 13.1. The number of carbonyl (C=O) groups is 2. The van der Waals surface area contributed by atoms with Crippen molar-refractivity contribution in [1.29, 1.82) is 0 Å². The number of ether oxygens (including phenoxy) is 1. The van der Waals surface area contributed by atoms with Crippen LogP contribution in [0.5, 0.6) is 0 Å². The SMILES string of the molecule is CC(C)C(CCN)CCC(=O)N1CCOCC1CC(=O)O. The smallest absolute Gasteiger partial charge is 0.305 e. The first kappa shape index (κ1) is 17.9. The largest absolute Gasteiger partial charge is 0.481 e. The summed E-state index contributed by atoms with van der Waals surface area (Å²) in [7, 11) is 0. The van der Waals surface area contributed by atoms with Crippen LogP contribution >= 0.6 is 0 Å². The molecular formula is C15H28N2O4. The lowest BCUT2D eigenvalue weighted by Crippen LogP contribution is -2.49. The van der Waals surface area contributed by atoms with E-state index in [2.05, 4.69) is 13.8 Å². The van der Waals surface area contributed by atoms with Crippen molar-refractivity contribution in [3.05, 3.63) is 0 Å². The van der Waals surface area contributed by atoms with Crippen molar-refractivity contribution in [3.8, 4) is 0 Å². The summed E-state index contributed by atoms with van der Waals surface area (Å²) in [4.78, 5) is 24.9. The van der Waals surface area contributed by atoms with Gasteiger partial charge < -0.3 is 20.5 Å². The van der Waals surface area contributed by atoms with Crippen molar-refractivity contribution in [2.24, 2.45) is 17.6 Å². The Balaban J connectivity index is 2.53. The van der Waals surface area contributed by atoms with Gasteiger partial charge >= 0.3 is 5.97 Å². The minimum atomic E-state index is -0.897. The molecule has 0 saturated carbocycles. The molecule has 1 rings (SSSR count). The van der Waals surface area contributed by atoms with Gasteiger partial charge in [0.1, 0.15) is 0 Å². The van der Waals surface area contributed by atoms with E-state index in [0.29, 0.717) is 44.6 Å². The highest BCUT2D eigenvalue weighted by molar-refractivity contribution is 5.77. The molecule has 0 aromatic carbocycles. The number of carboxylic acids is 1. The minimum Gasteiger partial charge on any atom is -0.481 e. The van der Waals surface area contributed by atoms with E-state index in [1.807, 2.05) is 0 Å². The number of rotatable bonds is 8. The van der Waals surface area contributed by atoms with Crippen molar-refractivity contribution in [2.45, 2.75) is 45.6 Å². The second-order valence-electron chi connectivity index (χ2n) is 6.03. The van der Waals surface area contributed by atoms with Crippen LogP contribution in [0.2, 0.25) is 0 Å². The maximum absolute atomic E-state index is 12.4. The van der Waals surface area contributed by atoms with E-state index in [0.717, 1.165) is 12.8 Å². The van der Waals surface area contributed by atoms with Gasteiger partial charge in [0.05, 0.1) is 25.7 Å². The summed E-state index contributed by atoms with van der Waals surface area (Å²) in [6.45, 7) is 6.21. The number of morpholine rings is 1. The third-order valence-electron chi connectivity index (χ3n) is 4.17. The fraction of sp³-hybridized carbons (Fsp3) is 0.867. The molecule has 1 heterocycles. The third kappa shape index (κ3) is 6.01. The van der Waals surface area contributed by atoms with Crippen LogP contribution in [0.4, 0.5) is 0 Å². The van der Waals surface area contributed by atoms with Crippen molar-refractivity contribution < 1.29 is 19.4 Å². The molecule has 2 atom stereocenters. The Morgan fingerprint density at radius 3 is 2.67 bits per heavy atom. The first-order valence-electron chi connectivity index (χ1n) is 7.74. The fourth-order valence-electron chi connectivity index (χ4n) is 2.83. The van der Waals surface area contributed by atoms with Crippen LogP contribution in [0.15, 0.2) is 0 Å².